The molecule has 1 aliphatic carbocycles. The number of sulfone groups is 1. The van der Waals surface area contributed by atoms with Crippen LogP contribution >= 0.6 is 0 Å². The Labute approximate surface area is 119 Å². The lowest BCUT2D eigenvalue weighted by Crippen LogP contribution is -2.34. The summed E-state index contributed by atoms with van der Waals surface area (Å²) in [7, 11) is -3.31. The fraction of sp³-hybridized carbons (Fsp3) is 0.846. The van der Waals surface area contributed by atoms with E-state index in [2.05, 4.69) is 5.32 Å². The van der Waals surface area contributed by atoms with Crippen molar-refractivity contribution >= 4 is 21.7 Å². The Hall–Kier alpha value is -1.11. The van der Waals surface area contributed by atoms with E-state index < -0.39 is 27.5 Å². The summed E-state index contributed by atoms with van der Waals surface area (Å²) in [5.41, 5.74) is 0. The van der Waals surface area contributed by atoms with Crippen LogP contribution in [0.2, 0.25) is 0 Å². The molecule has 1 amide bonds. The number of carboxylic acids is 1. The number of carbonyl (C=O) groups excluding carboxylic acids is 1. The Balaban J connectivity index is 2.15. The minimum atomic E-state index is -3.31. The summed E-state index contributed by atoms with van der Waals surface area (Å²) >= 11 is 0. The van der Waals surface area contributed by atoms with Gasteiger partial charge in [0.05, 0.1) is 5.25 Å². The third-order valence-corrected chi connectivity index (χ3v) is 5.68. The predicted octanol–water partition coefficient (Wildman–Crippen LogP) is 1.10. The van der Waals surface area contributed by atoms with Crippen molar-refractivity contribution in [2.75, 3.05) is 12.3 Å². The van der Waals surface area contributed by atoms with Crippen molar-refractivity contribution in [3.8, 4) is 0 Å². The van der Waals surface area contributed by atoms with E-state index in [1.54, 1.807) is 0 Å². The molecule has 0 aromatic carbocycles. The number of carboxylic acid groups (broad SMARTS) is 1. The summed E-state index contributed by atoms with van der Waals surface area (Å²) in [4.78, 5) is 21.9. The van der Waals surface area contributed by atoms with Gasteiger partial charge in [0.1, 0.15) is 5.75 Å². The lowest BCUT2D eigenvalue weighted by atomic mass is 10.2. The van der Waals surface area contributed by atoms with E-state index in [-0.39, 0.29) is 11.7 Å². The van der Waals surface area contributed by atoms with Gasteiger partial charge in [-0.2, -0.15) is 0 Å². The molecule has 0 saturated heterocycles. The highest BCUT2D eigenvalue weighted by atomic mass is 32.2. The molecule has 0 aromatic heterocycles. The van der Waals surface area contributed by atoms with Gasteiger partial charge in [-0.3, -0.25) is 9.59 Å². The van der Waals surface area contributed by atoms with Crippen molar-refractivity contribution < 1.29 is 23.1 Å². The molecule has 0 radical (unpaired) electrons. The molecule has 0 aliphatic heterocycles. The SMILES string of the molecule is O=C(O)CCCCCNC(=O)CS(=O)(=O)C1CCCC1. The third-order valence-electron chi connectivity index (χ3n) is 3.53. The number of unbranched alkanes of at least 4 members (excludes halogenated alkanes) is 2. The number of aliphatic carboxylic acids is 1. The van der Waals surface area contributed by atoms with Crippen LogP contribution in [0.15, 0.2) is 0 Å². The second-order valence-electron chi connectivity index (χ2n) is 5.27. The van der Waals surface area contributed by atoms with Crippen LogP contribution in [0.1, 0.15) is 51.4 Å². The van der Waals surface area contributed by atoms with Gasteiger partial charge in [-0.15, -0.1) is 0 Å². The standard InChI is InChI=1S/C13H23NO5S/c15-12(14-9-5-1-2-8-13(16)17)10-20(18,19)11-6-3-4-7-11/h11H,1-10H2,(H,14,15)(H,16,17). The average Bonchev–Trinajstić information content (AvgIpc) is 2.87. The molecule has 1 aliphatic rings. The van der Waals surface area contributed by atoms with Crippen molar-refractivity contribution in [3.05, 3.63) is 0 Å². The molecule has 0 unspecified atom stereocenters. The quantitative estimate of drug-likeness (QED) is 0.621. The molecular weight excluding hydrogens is 282 g/mol. The first kappa shape index (κ1) is 16.9. The zero-order valence-corrected chi connectivity index (χ0v) is 12.5. The largest absolute Gasteiger partial charge is 0.481 e. The molecule has 20 heavy (non-hydrogen) atoms. The van der Waals surface area contributed by atoms with E-state index in [0.717, 1.165) is 12.8 Å². The lowest BCUT2D eigenvalue weighted by molar-refractivity contribution is -0.137. The van der Waals surface area contributed by atoms with Gasteiger partial charge in [0.25, 0.3) is 0 Å². The van der Waals surface area contributed by atoms with Crippen LogP contribution in [0.25, 0.3) is 0 Å². The van der Waals surface area contributed by atoms with Gasteiger partial charge in [-0.1, -0.05) is 19.3 Å². The van der Waals surface area contributed by atoms with Crippen molar-refractivity contribution in [2.45, 2.75) is 56.6 Å². The molecule has 1 fully saturated rings. The highest BCUT2D eigenvalue weighted by molar-refractivity contribution is 7.92. The molecule has 1 saturated carbocycles. The molecule has 0 spiro atoms. The maximum atomic E-state index is 11.9. The first-order chi connectivity index (χ1) is 9.42. The van der Waals surface area contributed by atoms with Crippen LogP contribution in [0.4, 0.5) is 0 Å². The van der Waals surface area contributed by atoms with E-state index in [0.29, 0.717) is 38.6 Å². The normalized spacial score (nSPS) is 16.2. The summed E-state index contributed by atoms with van der Waals surface area (Å²) < 4.78 is 23.9. The Kier molecular flexibility index (Phi) is 6.98. The molecule has 0 aromatic rings. The Morgan fingerprint density at radius 1 is 1.10 bits per heavy atom. The van der Waals surface area contributed by atoms with Crippen molar-refractivity contribution in [2.24, 2.45) is 0 Å². The van der Waals surface area contributed by atoms with Crippen LogP contribution in [0, 0.1) is 0 Å². The van der Waals surface area contributed by atoms with Crippen LogP contribution in [0.5, 0.6) is 0 Å². The Morgan fingerprint density at radius 2 is 1.75 bits per heavy atom. The zero-order chi connectivity index (χ0) is 15.0. The second kappa shape index (κ2) is 8.24. The molecule has 2 N–H and O–H groups in total. The highest BCUT2D eigenvalue weighted by Gasteiger charge is 2.30. The maximum absolute atomic E-state index is 11.9. The minimum absolute atomic E-state index is 0.129. The molecule has 0 bridgehead atoms. The van der Waals surface area contributed by atoms with Gasteiger partial charge >= 0.3 is 5.97 Å². The Morgan fingerprint density at radius 3 is 2.35 bits per heavy atom. The monoisotopic (exact) mass is 305 g/mol. The summed E-state index contributed by atoms with van der Waals surface area (Å²) in [6.07, 6.45) is 5.28. The van der Waals surface area contributed by atoms with Crippen molar-refractivity contribution in [1.29, 1.82) is 0 Å². The average molecular weight is 305 g/mol. The van der Waals surface area contributed by atoms with Gasteiger partial charge in [-0.25, -0.2) is 8.42 Å². The lowest BCUT2D eigenvalue weighted by Gasteiger charge is -2.11. The smallest absolute Gasteiger partial charge is 0.303 e. The van der Waals surface area contributed by atoms with Crippen LogP contribution in [0.3, 0.4) is 0 Å². The van der Waals surface area contributed by atoms with E-state index >= 15 is 0 Å². The van der Waals surface area contributed by atoms with Gasteiger partial charge in [-0.05, 0) is 25.7 Å². The molecular formula is C13H23NO5S. The number of hydrogen-bond acceptors (Lipinski definition) is 4. The fourth-order valence-electron chi connectivity index (χ4n) is 2.40. The molecule has 6 nitrogen and oxygen atoms in total. The van der Waals surface area contributed by atoms with Crippen LogP contribution in [-0.2, 0) is 19.4 Å². The van der Waals surface area contributed by atoms with E-state index in [4.69, 9.17) is 5.11 Å². The number of rotatable bonds is 9. The zero-order valence-electron chi connectivity index (χ0n) is 11.6. The van der Waals surface area contributed by atoms with Crippen molar-refractivity contribution in [1.82, 2.24) is 5.32 Å². The van der Waals surface area contributed by atoms with Gasteiger partial charge in [0, 0.05) is 13.0 Å². The molecule has 7 heteroatoms. The maximum Gasteiger partial charge on any atom is 0.303 e. The first-order valence-electron chi connectivity index (χ1n) is 7.12. The highest BCUT2D eigenvalue weighted by Crippen LogP contribution is 2.24. The second-order valence-corrected chi connectivity index (χ2v) is 7.55. The fourth-order valence-corrected chi connectivity index (χ4v) is 4.16. The third kappa shape index (κ3) is 6.36. The van der Waals surface area contributed by atoms with Crippen LogP contribution in [-0.4, -0.2) is 42.9 Å². The molecule has 1 rings (SSSR count). The molecule has 116 valence electrons. The minimum Gasteiger partial charge on any atom is -0.481 e. The number of hydrogen-bond donors (Lipinski definition) is 2. The van der Waals surface area contributed by atoms with Crippen molar-refractivity contribution in [3.63, 3.8) is 0 Å². The summed E-state index contributed by atoms with van der Waals surface area (Å²) in [6, 6.07) is 0. The molecule has 0 atom stereocenters. The van der Waals surface area contributed by atoms with Crippen LogP contribution < -0.4 is 5.32 Å². The summed E-state index contributed by atoms with van der Waals surface area (Å²) in [5.74, 6) is -1.70. The van der Waals surface area contributed by atoms with Gasteiger partial charge < -0.3 is 10.4 Å². The molecule has 0 heterocycles. The predicted molar refractivity (Wildman–Crippen MR) is 75.2 cm³/mol. The van der Waals surface area contributed by atoms with E-state index in [1.807, 2.05) is 0 Å². The number of nitrogens with one attached hydrogen (secondary N) is 1. The summed E-state index contributed by atoms with van der Waals surface area (Å²) in [6.45, 7) is 0.401. The number of carbonyl (C=O) groups is 2. The topological polar surface area (TPSA) is 101 Å². The van der Waals surface area contributed by atoms with E-state index in [1.165, 1.54) is 0 Å². The van der Waals surface area contributed by atoms with Gasteiger partial charge in [0.2, 0.25) is 5.91 Å². The summed E-state index contributed by atoms with van der Waals surface area (Å²) in [5, 5.41) is 10.7. The van der Waals surface area contributed by atoms with E-state index in [9.17, 15) is 18.0 Å². The number of amides is 1. The van der Waals surface area contributed by atoms with Gasteiger partial charge in [0.15, 0.2) is 9.84 Å². The Bertz CT molecular complexity index is 426. The first-order valence-corrected chi connectivity index (χ1v) is 8.83.